The molecule has 4 nitrogen and oxygen atoms in total. The molecule has 5 heteroatoms. The third-order valence-corrected chi connectivity index (χ3v) is 1.99. The number of carbonyl (C=O) groups excluding carboxylic acids is 1. The van der Waals surface area contributed by atoms with E-state index in [9.17, 15) is 9.90 Å². The summed E-state index contributed by atoms with van der Waals surface area (Å²) in [5, 5.41) is 10.9. The van der Waals surface area contributed by atoms with Crippen LogP contribution in [0.3, 0.4) is 0 Å². The van der Waals surface area contributed by atoms with Gasteiger partial charge in [0.25, 0.3) is 0 Å². The Morgan fingerprint density at radius 2 is 1.77 bits per heavy atom. The van der Waals surface area contributed by atoms with Crippen molar-refractivity contribution in [1.82, 2.24) is 0 Å². The average molecular weight is 203 g/mol. The first-order valence-corrected chi connectivity index (χ1v) is 7.34. The molecule has 0 N–H and O–H groups in total. The minimum Gasteiger partial charge on any atom is -0.616 e. The number of hydrogen-bond acceptors (Lipinski definition) is 4. The maximum absolute atomic E-state index is 11.2. The normalized spacial score (nSPS) is 13.3. The second-order valence-corrected chi connectivity index (χ2v) is 8.05. The van der Waals surface area contributed by atoms with Crippen LogP contribution in [-0.4, -0.2) is 21.4 Å². The molecule has 0 fully saturated rings. The van der Waals surface area contributed by atoms with Crippen LogP contribution in [0.1, 0.15) is 6.92 Å². The monoisotopic (exact) mass is 203 g/mol. The van der Waals surface area contributed by atoms with Gasteiger partial charge in [-0.2, -0.15) is 0 Å². The third-order valence-electron chi connectivity index (χ3n) is 1.20. The van der Waals surface area contributed by atoms with Crippen LogP contribution in [0, 0.1) is 0 Å². The van der Waals surface area contributed by atoms with Crippen LogP contribution in [-0.2, 0) is 14.0 Å². The van der Waals surface area contributed by atoms with Crippen molar-refractivity contribution >= 4 is 14.3 Å². The van der Waals surface area contributed by atoms with Gasteiger partial charge in [0.15, 0.2) is 0 Å². The lowest BCUT2D eigenvalue weighted by molar-refractivity contribution is -0.354. The average Bonchev–Trinajstić information content (AvgIpc) is 1.98. The molecule has 0 aliphatic heterocycles. The Kier molecular flexibility index (Phi) is 3.99. The zero-order chi connectivity index (χ0) is 10.6. The van der Waals surface area contributed by atoms with Crippen molar-refractivity contribution in [3.8, 4) is 0 Å². The van der Waals surface area contributed by atoms with Crippen LogP contribution in [0.5, 0.6) is 0 Å². The Labute approximate surface area is 79.3 Å². The smallest absolute Gasteiger partial charge is 0.322 e. The fourth-order valence-corrected chi connectivity index (χ4v) is 1.30. The zero-order valence-electron chi connectivity index (χ0n) is 8.63. The largest absolute Gasteiger partial charge is 0.616 e. The highest BCUT2D eigenvalue weighted by Gasteiger charge is 2.21. The zero-order valence-corrected chi connectivity index (χ0v) is 9.63. The highest BCUT2D eigenvalue weighted by Crippen LogP contribution is 2.08. The Morgan fingerprint density at radius 1 is 1.31 bits per heavy atom. The van der Waals surface area contributed by atoms with Gasteiger partial charge in [-0.05, 0) is 33.7 Å². The van der Waals surface area contributed by atoms with E-state index in [4.69, 9.17) is 4.43 Å². The number of methoxy groups -OCH3 is 1. The van der Waals surface area contributed by atoms with E-state index in [1.54, 1.807) is 0 Å². The van der Waals surface area contributed by atoms with Crippen LogP contribution in [0.2, 0.25) is 19.6 Å². The molecule has 0 bridgehead atoms. The molecular formula is C8H15O4Si-. The Morgan fingerprint density at radius 3 is 2.08 bits per heavy atom. The first-order valence-electron chi connectivity index (χ1n) is 3.93. The summed E-state index contributed by atoms with van der Waals surface area (Å²) < 4.78 is 9.47. The summed E-state index contributed by atoms with van der Waals surface area (Å²) in [5.74, 6) is -1.21. The van der Waals surface area contributed by atoms with Gasteiger partial charge in [0.2, 0.25) is 8.32 Å². The predicted octanol–water partition coefficient (Wildman–Crippen LogP) is 0.603. The Balaban J connectivity index is 4.46. The molecule has 0 spiro atoms. The van der Waals surface area contributed by atoms with Gasteiger partial charge in [-0.1, -0.05) is 0 Å². The molecule has 0 aromatic rings. The van der Waals surface area contributed by atoms with E-state index in [-0.39, 0.29) is 5.57 Å². The van der Waals surface area contributed by atoms with Gasteiger partial charge >= 0.3 is 5.97 Å². The van der Waals surface area contributed by atoms with E-state index >= 15 is 0 Å². The van der Waals surface area contributed by atoms with Gasteiger partial charge in [-0.3, -0.25) is 0 Å². The Hall–Kier alpha value is -0.973. The number of carbonyl (C=O) groups is 1. The quantitative estimate of drug-likeness (QED) is 0.383. The molecule has 0 aromatic carbocycles. The minimum atomic E-state index is -1.92. The minimum absolute atomic E-state index is 0.00933. The van der Waals surface area contributed by atoms with E-state index in [0.717, 1.165) is 0 Å². The fraction of sp³-hybridized carbons (Fsp3) is 0.625. The summed E-state index contributed by atoms with van der Waals surface area (Å²) in [4.78, 5) is 11.2. The van der Waals surface area contributed by atoms with Gasteiger partial charge < -0.3 is 14.3 Å². The molecule has 0 unspecified atom stereocenters. The van der Waals surface area contributed by atoms with Gasteiger partial charge in [-0.15, -0.1) is 0 Å². The molecule has 0 amide bonds. The van der Waals surface area contributed by atoms with Crippen LogP contribution >= 0.6 is 0 Å². The van der Waals surface area contributed by atoms with E-state index in [1.807, 2.05) is 19.6 Å². The van der Waals surface area contributed by atoms with E-state index in [0.29, 0.717) is 0 Å². The predicted molar refractivity (Wildman–Crippen MR) is 49.1 cm³/mol. The van der Waals surface area contributed by atoms with E-state index in [1.165, 1.54) is 14.0 Å². The second kappa shape index (κ2) is 4.32. The topological polar surface area (TPSA) is 58.6 Å². The molecule has 0 saturated heterocycles. The SMILES string of the molecule is CO/C([O-])=C(\C)C(=O)O[Si](C)(C)C. The molecule has 0 aliphatic rings. The molecule has 0 radical (unpaired) electrons. The van der Waals surface area contributed by atoms with Crippen LogP contribution in [0.25, 0.3) is 0 Å². The van der Waals surface area contributed by atoms with Crippen molar-refractivity contribution in [2.45, 2.75) is 26.6 Å². The lowest BCUT2D eigenvalue weighted by Crippen LogP contribution is -2.30. The summed E-state index contributed by atoms with van der Waals surface area (Å²) in [7, 11) is -0.690. The number of hydrogen-bond donors (Lipinski definition) is 0. The Bertz CT molecular complexity index is 227. The summed E-state index contributed by atoms with van der Waals surface area (Å²) in [6, 6.07) is 0. The van der Waals surface area contributed by atoms with Gasteiger partial charge in [0.1, 0.15) is 0 Å². The number of ether oxygens (including phenoxy) is 1. The molecule has 0 aliphatic carbocycles. The second-order valence-electron chi connectivity index (χ2n) is 3.62. The van der Waals surface area contributed by atoms with Crippen molar-refractivity contribution in [3.63, 3.8) is 0 Å². The van der Waals surface area contributed by atoms with Crippen LogP contribution < -0.4 is 5.11 Å². The molecule has 76 valence electrons. The molecule has 13 heavy (non-hydrogen) atoms. The third kappa shape index (κ3) is 4.57. The van der Waals surface area contributed by atoms with Crippen molar-refractivity contribution in [3.05, 3.63) is 11.5 Å². The highest BCUT2D eigenvalue weighted by molar-refractivity contribution is 6.71. The lowest BCUT2D eigenvalue weighted by Gasteiger charge is -2.19. The summed E-state index contributed by atoms with van der Waals surface area (Å²) >= 11 is 0. The standard InChI is InChI=1S/C8H16O4Si/c1-6(7(9)11-2)8(10)12-13(3,4)5/h9H,1-5H3/p-1/b7-6+. The van der Waals surface area contributed by atoms with Crippen molar-refractivity contribution in [2.75, 3.05) is 7.11 Å². The molecule has 0 saturated carbocycles. The van der Waals surface area contributed by atoms with Crippen molar-refractivity contribution in [2.24, 2.45) is 0 Å². The molecule has 0 aromatic heterocycles. The maximum Gasteiger partial charge on any atom is 0.322 e. The van der Waals surface area contributed by atoms with Gasteiger partial charge in [0, 0.05) is 0 Å². The first kappa shape index (κ1) is 12.0. The van der Waals surface area contributed by atoms with Gasteiger partial charge in [0.05, 0.1) is 11.5 Å². The molecule has 0 atom stereocenters. The van der Waals surface area contributed by atoms with E-state index < -0.39 is 20.2 Å². The fourth-order valence-electron chi connectivity index (χ4n) is 0.591. The molecule has 0 heterocycles. The number of rotatable bonds is 3. The van der Waals surface area contributed by atoms with Crippen molar-refractivity contribution < 1.29 is 19.1 Å². The van der Waals surface area contributed by atoms with Crippen molar-refractivity contribution in [1.29, 1.82) is 0 Å². The molecular weight excluding hydrogens is 188 g/mol. The van der Waals surface area contributed by atoms with Crippen LogP contribution in [0.15, 0.2) is 11.5 Å². The van der Waals surface area contributed by atoms with Gasteiger partial charge in [-0.25, -0.2) is 4.79 Å². The summed E-state index contributed by atoms with van der Waals surface area (Å²) in [5.41, 5.74) is -0.00933. The van der Waals surface area contributed by atoms with E-state index in [2.05, 4.69) is 4.74 Å². The van der Waals surface area contributed by atoms with Crippen LogP contribution in [0.4, 0.5) is 0 Å². The first-order chi connectivity index (χ1) is 5.78. The highest BCUT2D eigenvalue weighted by atomic mass is 28.4. The summed E-state index contributed by atoms with van der Waals surface area (Å²) in [6.45, 7) is 7.01. The lowest BCUT2D eigenvalue weighted by atomic mass is 10.3. The summed E-state index contributed by atoms with van der Waals surface area (Å²) in [6.07, 6.45) is 0. The maximum atomic E-state index is 11.2. The molecule has 0 rings (SSSR count).